The van der Waals surface area contributed by atoms with Gasteiger partial charge in [0.15, 0.2) is 0 Å². The van der Waals surface area contributed by atoms with Crippen LogP contribution in [0.4, 0.5) is 11.4 Å². The van der Waals surface area contributed by atoms with E-state index in [1.807, 2.05) is 13.0 Å². The topological polar surface area (TPSA) is 38.5 Å². The summed E-state index contributed by atoms with van der Waals surface area (Å²) in [6.07, 6.45) is 6.60. The molecule has 0 saturated heterocycles. The number of hydrogen-bond acceptors (Lipinski definition) is 3. The number of hydrogen-bond donors (Lipinski definition) is 1. The lowest BCUT2D eigenvalue weighted by Crippen LogP contribution is -2.35. The summed E-state index contributed by atoms with van der Waals surface area (Å²) in [6, 6.07) is 6.68. The SMILES string of the molecule is CCOc1cc(N)cc(N(C)C2CCC(CC)CC2)c1. The lowest BCUT2D eigenvalue weighted by atomic mass is 9.84. The molecule has 0 aliphatic heterocycles. The van der Waals surface area contributed by atoms with E-state index in [1.54, 1.807) is 0 Å². The smallest absolute Gasteiger partial charge is 0.123 e. The summed E-state index contributed by atoms with van der Waals surface area (Å²) in [6.45, 7) is 4.98. The molecule has 1 fully saturated rings. The van der Waals surface area contributed by atoms with E-state index in [9.17, 15) is 0 Å². The molecular formula is C17H28N2O. The summed E-state index contributed by atoms with van der Waals surface area (Å²) < 4.78 is 5.59. The zero-order valence-corrected chi connectivity index (χ0v) is 13.1. The second-order valence-corrected chi connectivity index (χ2v) is 5.89. The molecule has 20 heavy (non-hydrogen) atoms. The van der Waals surface area contributed by atoms with Crippen LogP contribution in [0.15, 0.2) is 18.2 Å². The maximum atomic E-state index is 5.99. The lowest BCUT2D eigenvalue weighted by molar-refractivity contribution is 0.313. The van der Waals surface area contributed by atoms with Gasteiger partial charge in [0.1, 0.15) is 5.75 Å². The molecule has 1 aromatic carbocycles. The molecule has 0 amide bonds. The highest BCUT2D eigenvalue weighted by Gasteiger charge is 2.23. The molecule has 0 aromatic heterocycles. The molecule has 2 N–H and O–H groups in total. The Morgan fingerprint density at radius 3 is 2.45 bits per heavy atom. The Morgan fingerprint density at radius 2 is 1.85 bits per heavy atom. The molecule has 3 heteroatoms. The predicted octanol–water partition coefficient (Wildman–Crippen LogP) is 4.07. The summed E-state index contributed by atoms with van der Waals surface area (Å²) in [7, 11) is 2.18. The quantitative estimate of drug-likeness (QED) is 0.824. The van der Waals surface area contributed by atoms with Crippen LogP contribution in [0.5, 0.6) is 5.75 Å². The average molecular weight is 276 g/mol. The zero-order chi connectivity index (χ0) is 14.5. The third-order valence-electron chi connectivity index (χ3n) is 4.57. The molecule has 3 nitrogen and oxygen atoms in total. The van der Waals surface area contributed by atoms with Gasteiger partial charge in [-0.05, 0) is 44.6 Å². The Balaban J connectivity index is 2.07. The van der Waals surface area contributed by atoms with E-state index in [1.165, 1.54) is 37.8 Å². The monoisotopic (exact) mass is 276 g/mol. The van der Waals surface area contributed by atoms with E-state index in [0.717, 1.165) is 17.4 Å². The average Bonchev–Trinajstić information content (AvgIpc) is 2.46. The van der Waals surface area contributed by atoms with E-state index < -0.39 is 0 Å². The van der Waals surface area contributed by atoms with Crippen molar-refractivity contribution < 1.29 is 4.74 Å². The number of rotatable bonds is 5. The highest BCUT2D eigenvalue weighted by atomic mass is 16.5. The van der Waals surface area contributed by atoms with Crippen molar-refractivity contribution in [1.29, 1.82) is 0 Å². The van der Waals surface area contributed by atoms with Crippen LogP contribution in [0.1, 0.15) is 46.0 Å². The first kappa shape index (κ1) is 15.0. The molecule has 112 valence electrons. The molecule has 2 rings (SSSR count). The molecule has 1 aliphatic carbocycles. The minimum Gasteiger partial charge on any atom is -0.494 e. The Bertz CT molecular complexity index is 425. The normalized spacial score (nSPS) is 22.6. The van der Waals surface area contributed by atoms with Gasteiger partial charge in [0.25, 0.3) is 0 Å². The van der Waals surface area contributed by atoms with Gasteiger partial charge >= 0.3 is 0 Å². The second-order valence-electron chi connectivity index (χ2n) is 5.89. The molecule has 0 heterocycles. The van der Waals surface area contributed by atoms with E-state index in [2.05, 4.69) is 31.0 Å². The number of nitrogen functional groups attached to an aromatic ring is 1. The molecule has 1 saturated carbocycles. The summed E-state index contributed by atoms with van der Waals surface area (Å²) in [5, 5.41) is 0. The highest BCUT2D eigenvalue weighted by Crippen LogP contribution is 2.33. The van der Waals surface area contributed by atoms with Crippen molar-refractivity contribution in [3.63, 3.8) is 0 Å². The molecule has 0 radical (unpaired) electrons. The van der Waals surface area contributed by atoms with Gasteiger partial charge in [-0.1, -0.05) is 13.3 Å². The molecule has 0 bridgehead atoms. The predicted molar refractivity (Wildman–Crippen MR) is 86.5 cm³/mol. The second kappa shape index (κ2) is 6.87. The van der Waals surface area contributed by atoms with Crippen molar-refractivity contribution in [2.75, 3.05) is 24.3 Å². The van der Waals surface area contributed by atoms with Crippen LogP contribution < -0.4 is 15.4 Å². The third-order valence-corrected chi connectivity index (χ3v) is 4.57. The first-order valence-electron chi connectivity index (χ1n) is 7.90. The molecule has 0 unspecified atom stereocenters. The van der Waals surface area contributed by atoms with Crippen molar-refractivity contribution in [2.45, 2.75) is 52.0 Å². The van der Waals surface area contributed by atoms with Crippen LogP contribution >= 0.6 is 0 Å². The number of benzene rings is 1. The van der Waals surface area contributed by atoms with Gasteiger partial charge in [-0.25, -0.2) is 0 Å². The summed E-state index contributed by atoms with van der Waals surface area (Å²) in [5.41, 5.74) is 7.95. The summed E-state index contributed by atoms with van der Waals surface area (Å²) in [4.78, 5) is 2.38. The minimum atomic E-state index is 0.633. The number of nitrogens with two attached hydrogens (primary N) is 1. The van der Waals surface area contributed by atoms with Crippen LogP contribution in [0, 0.1) is 5.92 Å². The fourth-order valence-corrected chi connectivity index (χ4v) is 3.21. The number of nitrogens with zero attached hydrogens (tertiary/aromatic N) is 1. The Morgan fingerprint density at radius 1 is 1.15 bits per heavy atom. The van der Waals surface area contributed by atoms with Crippen molar-refractivity contribution in [1.82, 2.24) is 0 Å². The largest absolute Gasteiger partial charge is 0.494 e. The summed E-state index contributed by atoms with van der Waals surface area (Å²) in [5.74, 6) is 1.80. The maximum absolute atomic E-state index is 5.99. The molecule has 0 spiro atoms. The van der Waals surface area contributed by atoms with E-state index in [4.69, 9.17) is 10.5 Å². The van der Waals surface area contributed by atoms with Gasteiger partial charge in [0.05, 0.1) is 6.61 Å². The molecular weight excluding hydrogens is 248 g/mol. The first-order valence-corrected chi connectivity index (χ1v) is 7.90. The van der Waals surface area contributed by atoms with Gasteiger partial charge in [0, 0.05) is 36.6 Å². The molecule has 0 atom stereocenters. The van der Waals surface area contributed by atoms with Crippen molar-refractivity contribution in [2.24, 2.45) is 5.92 Å². The Labute approximate surface area is 123 Å². The fourth-order valence-electron chi connectivity index (χ4n) is 3.21. The van der Waals surface area contributed by atoms with Crippen LogP contribution in [0.25, 0.3) is 0 Å². The molecule has 1 aliphatic rings. The highest BCUT2D eigenvalue weighted by molar-refractivity contribution is 5.60. The van der Waals surface area contributed by atoms with Crippen LogP contribution in [0.3, 0.4) is 0 Å². The fraction of sp³-hybridized carbons (Fsp3) is 0.647. The van der Waals surface area contributed by atoms with Crippen molar-refractivity contribution >= 4 is 11.4 Å². The lowest BCUT2D eigenvalue weighted by Gasteiger charge is -2.36. The van der Waals surface area contributed by atoms with Gasteiger partial charge < -0.3 is 15.4 Å². The van der Waals surface area contributed by atoms with E-state index in [0.29, 0.717) is 12.6 Å². The van der Waals surface area contributed by atoms with Crippen molar-refractivity contribution in [3.8, 4) is 5.75 Å². The summed E-state index contributed by atoms with van der Waals surface area (Å²) >= 11 is 0. The van der Waals surface area contributed by atoms with Crippen LogP contribution in [-0.4, -0.2) is 19.7 Å². The van der Waals surface area contributed by atoms with Gasteiger partial charge in [-0.2, -0.15) is 0 Å². The third kappa shape index (κ3) is 3.59. The van der Waals surface area contributed by atoms with E-state index >= 15 is 0 Å². The van der Waals surface area contributed by atoms with Gasteiger partial charge in [0.2, 0.25) is 0 Å². The van der Waals surface area contributed by atoms with Gasteiger partial charge in [-0.3, -0.25) is 0 Å². The molecule has 1 aromatic rings. The van der Waals surface area contributed by atoms with E-state index in [-0.39, 0.29) is 0 Å². The standard InChI is InChI=1S/C17H28N2O/c1-4-13-6-8-15(9-7-13)19(3)16-10-14(18)11-17(12-16)20-5-2/h10-13,15H,4-9,18H2,1-3H3. The van der Waals surface area contributed by atoms with Gasteiger partial charge in [-0.15, -0.1) is 0 Å². The van der Waals surface area contributed by atoms with Crippen molar-refractivity contribution in [3.05, 3.63) is 18.2 Å². The minimum absolute atomic E-state index is 0.633. The van der Waals surface area contributed by atoms with Crippen LogP contribution in [-0.2, 0) is 0 Å². The number of anilines is 2. The maximum Gasteiger partial charge on any atom is 0.123 e. The zero-order valence-electron chi connectivity index (χ0n) is 13.1. The number of ether oxygens (including phenoxy) is 1. The Hall–Kier alpha value is -1.38. The Kier molecular flexibility index (Phi) is 5.16. The van der Waals surface area contributed by atoms with Crippen LogP contribution in [0.2, 0.25) is 0 Å². The first-order chi connectivity index (χ1) is 9.63.